The lowest BCUT2D eigenvalue weighted by molar-refractivity contribution is 0.601. The smallest absolute Gasteiger partial charge is 0.263 e. The molecule has 0 aliphatic carbocycles. The largest absolute Gasteiger partial charge is 0.263 e. The molecule has 1 N–H and O–H groups in total. The number of aryl methyl sites for hydroxylation is 1. The zero-order valence-electron chi connectivity index (χ0n) is 13.2. The summed E-state index contributed by atoms with van der Waals surface area (Å²) in [4.78, 5) is 4.23. The number of sulfonamides is 1. The standard InChI is InChI=1S/C18H14ClFN2O2S/c1-12-10-15(20)5-8-17(12)13-2-9-18(21-11-13)22-25(23,24)16-6-3-14(19)4-7-16/h2-11H,1H3,(H,21,22). The Labute approximate surface area is 150 Å². The van der Waals surface area contributed by atoms with Crippen LogP contribution in [0.25, 0.3) is 11.1 Å². The maximum Gasteiger partial charge on any atom is 0.263 e. The topological polar surface area (TPSA) is 59.1 Å². The molecule has 0 saturated carbocycles. The van der Waals surface area contributed by atoms with Crippen LogP contribution in [0.5, 0.6) is 0 Å². The van der Waals surface area contributed by atoms with E-state index >= 15 is 0 Å². The van der Waals surface area contributed by atoms with Crippen LogP contribution in [0.3, 0.4) is 0 Å². The maximum absolute atomic E-state index is 13.2. The minimum Gasteiger partial charge on any atom is -0.263 e. The number of aromatic nitrogens is 1. The van der Waals surface area contributed by atoms with E-state index in [1.165, 1.54) is 36.4 Å². The van der Waals surface area contributed by atoms with Crippen LogP contribution >= 0.6 is 11.6 Å². The number of halogens is 2. The van der Waals surface area contributed by atoms with Gasteiger partial charge in [0.05, 0.1) is 4.90 Å². The minimum atomic E-state index is -3.74. The van der Waals surface area contributed by atoms with E-state index in [2.05, 4.69) is 9.71 Å². The van der Waals surface area contributed by atoms with Crippen molar-refractivity contribution in [1.82, 2.24) is 4.98 Å². The van der Waals surface area contributed by atoms with E-state index < -0.39 is 10.0 Å². The van der Waals surface area contributed by atoms with Crippen LogP contribution in [-0.2, 0) is 10.0 Å². The molecule has 1 heterocycles. The molecule has 0 aliphatic heterocycles. The van der Waals surface area contributed by atoms with Crippen LogP contribution in [0.2, 0.25) is 5.02 Å². The number of nitrogens with zero attached hydrogens (tertiary/aromatic N) is 1. The lowest BCUT2D eigenvalue weighted by Crippen LogP contribution is -2.13. The Kier molecular flexibility index (Phi) is 4.74. The normalized spacial score (nSPS) is 11.3. The SMILES string of the molecule is Cc1cc(F)ccc1-c1ccc(NS(=O)(=O)c2ccc(Cl)cc2)nc1. The molecule has 0 spiro atoms. The zero-order valence-corrected chi connectivity index (χ0v) is 14.8. The summed E-state index contributed by atoms with van der Waals surface area (Å²) in [5.74, 6) is -0.111. The highest BCUT2D eigenvalue weighted by molar-refractivity contribution is 7.92. The fraction of sp³-hybridized carbons (Fsp3) is 0.0556. The van der Waals surface area contributed by atoms with Gasteiger partial charge in [0.25, 0.3) is 10.0 Å². The van der Waals surface area contributed by atoms with Crippen LogP contribution in [0, 0.1) is 12.7 Å². The summed E-state index contributed by atoms with van der Waals surface area (Å²) in [5.41, 5.74) is 2.38. The van der Waals surface area contributed by atoms with Gasteiger partial charge in [-0.05, 0) is 66.6 Å². The summed E-state index contributed by atoms with van der Waals surface area (Å²) >= 11 is 5.77. The van der Waals surface area contributed by atoms with E-state index in [1.807, 2.05) is 0 Å². The second-order valence-electron chi connectivity index (χ2n) is 5.45. The number of hydrogen-bond acceptors (Lipinski definition) is 3. The van der Waals surface area contributed by atoms with Crippen LogP contribution in [0.15, 0.2) is 65.7 Å². The van der Waals surface area contributed by atoms with Gasteiger partial charge in [0, 0.05) is 16.8 Å². The molecule has 1 aromatic heterocycles. The van der Waals surface area contributed by atoms with E-state index in [-0.39, 0.29) is 16.5 Å². The van der Waals surface area contributed by atoms with Gasteiger partial charge >= 0.3 is 0 Å². The lowest BCUT2D eigenvalue weighted by Gasteiger charge is -2.09. The van der Waals surface area contributed by atoms with Crippen LogP contribution in [-0.4, -0.2) is 13.4 Å². The molecule has 3 aromatic rings. The van der Waals surface area contributed by atoms with E-state index in [4.69, 9.17) is 11.6 Å². The molecule has 2 aromatic carbocycles. The molecule has 3 rings (SSSR count). The molecule has 0 aliphatic rings. The van der Waals surface area contributed by atoms with Crippen molar-refractivity contribution < 1.29 is 12.8 Å². The van der Waals surface area contributed by atoms with Gasteiger partial charge in [-0.1, -0.05) is 17.7 Å². The number of benzene rings is 2. The van der Waals surface area contributed by atoms with Crippen molar-refractivity contribution in [3.63, 3.8) is 0 Å². The Balaban J connectivity index is 1.84. The summed E-state index contributed by atoms with van der Waals surface area (Å²) in [5, 5.41) is 0.455. The third-order valence-electron chi connectivity index (χ3n) is 3.63. The van der Waals surface area contributed by atoms with Crippen LogP contribution in [0.4, 0.5) is 10.2 Å². The molecule has 7 heteroatoms. The molecule has 0 unspecified atom stereocenters. The van der Waals surface area contributed by atoms with Gasteiger partial charge < -0.3 is 0 Å². The van der Waals surface area contributed by atoms with Crippen molar-refractivity contribution in [3.8, 4) is 11.1 Å². The first-order chi connectivity index (χ1) is 11.8. The zero-order chi connectivity index (χ0) is 18.0. The molecule has 25 heavy (non-hydrogen) atoms. The third kappa shape index (κ3) is 3.97. The summed E-state index contributed by atoms with van der Waals surface area (Å²) in [6, 6.07) is 13.6. The van der Waals surface area contributed by atoms with E-state index in [1.54, 1.807) is 31.3 Å². The first-order valence-corrected chi connectivity index (χ1v) is 9.22. The number of hydrogen-bond donors (Lipinski definition) is 1. The summed E-state index contributed by atoms with van der Waals surface area (Å²) in [6.07, 6.45) is 1.54. The highest BCUT2D eigenvalue weighted by atomic mass is 35.5. The molecular formula is C18H14ClFN2O2S. The molecule has 0 bridgehead atoms. The monoisotopic (exact) mass is 376 g/mol. The van der Waals surface area contributed by atoms with Crippen molar-refractivity contribution >= 4 is 27.4 Å². The van der Waals surface area contributed by atoms with E-state index in [0.29, 0.717) is 5.02 Å². The van der Waals surface area contributed by atoms with Gasteiger partial charge in [0.2, 0.25) is 0 Å². The molecule has 0 atom stereocenters. The Morgan fingerprint density at radius 1 is 1.04 bits per heavy atom. The maximum atomic E-state index is 13.2. The summed E-state index contributed by atoms with van der Waals surface area (Å²) in [6.45, 7) is 1.80. The predicted molar refractivity (Wildman–Crippen MR) is 96.6 cm³/mol. The quantitative estimate of drug-likeness (QED) is 0.721. The van der Waals surface area contributed by atoms with Crippen molar-refractivity contribution in [3.05, 3.63) is 77.2 Å². The number of rotatable bonds is 4. The van der Waals surface area contributed by atoms with Crippen LogP contribution in [0.1, 0.15) is 5.56 Å². The van der Waals surface area contributed by atoms with Gasteiger partial charge in [-0.3, -0.25) is 4.72 Å². The van der Waals surface area contributed by atoms with Gasteiger partial charge in [-0.15, -0.1) is 0 Å². The van der Waals surface area contributed by atoms with Crippen molar-refractivity contribution in [2.75, 3.05) is 4.72 Å². The Morgan fingerprint density at radius 3 is 2.36 bits per heavy atom. The molecule has 0 fully saturated rings. The molecule has 4 nitrogen and oxygen atoms in total. The van der Waals surface area contributed by atoms with Crippen molar-refractivity contribution in [2.45, 2.75) is 11.8 Å². The molecular weight excluding hydrogens is 363 g/mol. The second-order valence-corrected chi connectivity index (χ2v) is 7.57. The third-order valence-corrected chi connectivity index (χ3v) is 5.25. The average Bonchev–Trinajstić information content (AvgIpc) is 2.56. The number of anilines is 1. The highest BCUT2D eigenvalue weighted by Gasteiger charge is 2.14. The van der Waals surface area contributed by atoms with Gasteiger partial charge in [0.15, 0.2) is 0 Å². The second kappa shape index (κ2) is 6.82. The van der Waals surface area contributed by atoms with Gasteiger partial charge in [-0.25, -0.2) is 17.8 Å². The van der Waals surface area contributed by atoms with E-state index in [0.717, 1.165) is 16.7 Å². The molecule has 0 amide bonds. The fourth-order valence-electron chi connectivity index (χ4n) is 2.37. The van der Waals surface area contributed by atoms with E-state index in [9.17, 15) is 12.8 Å². The summed E-state index contributed by atoms with van der Waals surface area (Å²) < 4.78 is 40.3. The first kappa shape index (κ1) is 17.4. The van der Waals surface area contributed by atoms with Crippen molar-refractivity contribution in [2.24, 2.45) is 0 Å². The minimum absolute atomic E-state index is 0.0946. The fourth-order valence-corrected chi connectivity index (χ4v) is 3.51. The number of nitrogens with one attached hydrogen (secondary N) is 1. The highest BCUT2D eigenvalue weighted by Crippen LogP contribution is 2.25. The molecule has 0 saturated heterocycles. The van der Waals surface area contributed by atoms with Gasteiger partial charge in [0.1, 0.15) is 11.6 Å². The Morgan fingerprint density at radius 2 is 1.76 bits per heavy atom. The molecule has 0 radical (unpaired) electrons. The van der Waals surface area contributed by atoms with Crippen LogP contribution < -0.4 is 4.72 Å². The average molecular weight is 377 g/mol. The Bertz CT molecular complexity index is 1000. The van der Waals surface area contributed by atoms with Gasteiger partial charge in [-0.2, -0.15) is 0 Å². The van der Waals surface area contributed by atoms with Crippen molar-refractivity contribution in [1.29, 1.82) is 0 Å². The Hall–Kier alpha value is -2.44. The first-order valence-electron chi connectivity index (χ1n) is 7.36. The predicted octanol–water partition coefficient (Wildman–Crippen LogP) is 4.65. The molecule has 128 valence electrons. The number of pyridine rings is 1. The summed E-state index contributed by atoms with van der Waals surface area (Å²) in [7, 11) is -3.74. The lowest BCUT2D eigenvalue weighted by atomic mass is 10.0.